The minimum atomic E-state index is -0.966. The van der Waals surface area contributed by atoms with Crippen LogP contribution in [0.1, 0.15) is 10.4 Å². The molecule has 4 aromatic rings. The molecule has 0 aliphatic carbocycles. The highest BCUT2D eigenvalue weighted by Crippen LogP contribution is 2.22. The highest BCUT2D eigenvalue weighted by Gasteiger charge is 2.09. The van der Waals surface area contributed by atoms with Crippen molar-refractivity contribution in [2.45, 2.75) is 0 Å². The van der Waals surface area contributed by atoms with Crippen molar-refractivity contribution >= 4 is 22.6 Å². The smallest absolute Gasteiger partial charge is 0.335 e. The van der Waals surface area contributed by atoms with Gasteiger partial charge in [0.05, 0.1) is 35.4 Å². The first-order chi connectivity index (χ1) is 12.1. The fourth-order valence-corrected chi connectivity index (χ4v) is 2.60. The predicted octanol–water partition coefficient (Wildman–Crippen LogP) is 2.76. The van der Waals surface area contributed by atoms with Crippen LogP contribution < -0.4 is 5.73 Å². The average Bonchev–Trinajstić information content (AvgIpc) is 3.05. The second-order valence-electron chi connectivity index (χ2n) is 5.52. The molecule has 0 amide bonds. The maximum absolute atomic E-state index is 11.0. The van der Waals surface area contributed by atoms with Gasteiger partial charge in [0.25, 0.3) is 0 Å². The van der Waals surface area contributed by atoms with Crippen LogP contribution in [0.2, 0.25) is 0 Å². The van der Waals surface area contributed by atoms with E-state index in [1.54, 1.807) is 35.4 Å². The maximum atomic E-state index is 11.0. The zero-order valence-corrected chi connectivity index (χ0v) is 13.0. The average molecular weight is 331 g/mol. The molecular weight excluding hydrogens is 318 g/mol. The summed E-state index contributed by atoms with van der Waals surface area (Å²) in [4.78, 5) is 19.8. The lowest BCUT2D eigenvalue weighted by Crippen LogP contribution is -2.02. The van der Waals surface area contributed by atoms with E-state index in [0.29, 0.717) is 17.2 Å². The molecule has 7 nitrogen and oxygen atoms in total. The fourth-order valence-electron chi connectivity index (χ4n) is 2.60. The Hall–Kier alpha value is -3.74. The Morgan fingerprint density at radius 2 is 1.84 bits per heavy atom. The summed E-state index contributed by atoms with van der Waals surface area (Å²) in [6.07, 6.45) is 4.98. The number of hydrogen-bond donors (Lipinski definition) is 2. The summed E-state index contributed by atoms with van der Waals surface area (Å²) < 4.78 is 1.67. The van der Waals surface area contributed by atoms with Crippen LogP contribution in [0, 0.1) is 0 Å². The minimum Gasteiger partial charge on any atom is -0.478 e. The Morgan fingerprint density at radius 3 is 2.60 bits per heavy atom. The summed E-state index contributed by atoms with van der Waals surface area (Å²) in [7, 11) is 0. The van der Waals surface area contributed by atoms with E-state index in [4.69, 9.17) is 10.8 Å². The molecule has 2 aromatic heterocycles. The summed E-state index contributed by atoms with van der Waals surface area (Å²) in [6.45, 7) is 0. The van der Waals surface area contributed by atoms with E-state index in [1.165, 1.54) is 12.1 Å². The Balaban J connectivity index is 1.78. The summed E-state index contributed by atoms with van der Waals surface area (Å²) in [5.41, 5.74) is 8.97. The highest BCUT2D eigenvalue weighted by atomic mass is 16.4. The number of benzene rings is 2. The van der Waals surface area contributed by atoms with Gasteiger partial charge in [-0.1, -0.05) is 12.1 Å². The fraction of sp³-hybridized carbons (Fsp3) is 0. The second kappa shape index (κ2) is 5.72. The first-order valence-corrected chi connectivity index (χ1v) is 7.51. The summed E-state index contributed by atoms with van der Waals surface area (Å²) in [5.74, 6) is -0.410. The molecule has 0 aliphatic heterocycles. The van der Waals surface area contributed by atoms with Crippen molar-refractivity contribution in [2.24, 2.45) is 0 Å². The largest absolute Gasteiger partial charge is 0.478 e. The van der Waals surface area contributed by atoms with Gasteiger partial charge in [-0.3, -0.25) is 4.98 Å². The van der Waals surface area contributed by atoms with Crippen molar-refractivity contribution in [1.29, 1.82) is 0 Å². The van der Waals surface area contributed by atoms with Crippen LogP contribution in [0.15, 0.2) is 61.1 Å². The van der Waals surface area contributed by atoms with Crippen molar-refractivity contribution in [3.05, 3.63) is 66.6 Å². The second-order valence-corrected chi connectivity index (χ2v) is 5.52. The summed E-state index contributed by atoms with van der Waals surface area (Å²) >= 11 is 0. The topological polar surface area (TPSA) is 107 Å². The van der Waals surface area contributed by atoms with Crippen molar-refractivity contribution in [1.82, 2.24) is 19.7 Å². The van der Waals surface area contributed by atoms with Gasteiger partial charge < -0.3 is 10.8 Å². The molecule has 2 aromatic carbocycles. The third-order valence-corrected chi connectivity index (χ3v) is 3.86. The lowest BCUT2D eigenvalue weighted by Gasteiger charge is -2.06. The quantitative estimate of drug-likeness (QED) is 0.559. The van der Waals surface area contributed by atoms with Crippen LogP contribution in [0.5, 0.6) is 0 Å². The van der Waals surface area contributed by atoms with E-state index in [2.05, 4.69) is 15.1 Å². The normalized spacial score (nSPS) is 10.9. The predicted molar refractivity (Wildman–Crippen MR) is 93.5 cm³/mol. The van der Waals surface area contributed by atoms with Crippen LogP contribution in [-0.4, -0.2) is 30.8 Å². The van der Waals surface area contributed by atoms with Crippen molar-refractivity contribution in [3.8, 4) is 17.1 Å². The standard InChI is InChI=1S/C18H13N5O2/c19-14-6-5-13-8-21-23(16(13)7-14)17-10-20-9-15(22-17)11-1-3-12(4-2-11)18(24)25/h1-10H,19H2,(H,24,25). The number of carbonyl (C=O) groups is 1. The number of carboxylic acids is 1. The highest BCUT2D eigenvalue weighted by molar-refractivity contribution is 5.88. The number of rotatable bonds is 3. The summed E-state index contributed by atoms with van der Waals surface area (Å²) in [5, 5.41) is 14.3. The SMILES string of the molecule is Nc1ccc2cnn(-c3cncc(-c4ccc(C(=O)O)cc4)n3)c2c1. The number of anilines is 1. The van der Waals surface area contributed by atoms with Gasteiger partial charge in [-0.25, -0.2) is 14.5 Å². The van der Waals surface area contributed by atoms with Gasteiger partial charge in [-0.2, -0.15) is 5.10 Å². The number of nitrogen functional groups attached to an aromatic ring is 1. The number of aromatic carboxylic acids is 1. The molecule has 0 atom stereocenters. The molecular formula is C18H13N5O2. The van der Waals surface area contributed by atoms with Crippen LogP contribution in [0.3, 0.4) is 0 Å². The zero-order chi connectivity index (χ0) is 17.4. The van der Waals surface area contributed by atoms with Crippen LogP contribution >= 0.6 is 0 Å². The molecule has 7 heteroatoms. The molecule has 0 fully saturated rings. The van der Waals surface area contributed by atoms with Crippen molar-refractivity contribution in [3.63, 3.8) is 0 Å². The van der Waals surface area contributed by atoms with Gasteiger partial charge in [-0.05, 0) is 30.3 Å². The molecule has 0 saturated heterocycles. The maximum Gasteiger partial charge on any atom is 0.335 e. The Kier molecular flexibility index (Phi) is 3.39. The van der Waals surface area contributed by atoms with Gasteiger partial charge in [-0.15, -0.1) is 0 Å². The third kappa shape index (κ3) is 2.67. The molecule has 0 aliphatic rings. The van der Waals surface area contributed by atoms with Gasteiger partial charge in [0.15, 0.2) is 5.82 Å². The molecule has 3 N–H and O–H groups in total. The molecule has 0 radical (unpaired) electrons. The molecule has 0 unspecified atom stereocenters. The van der Waals surface area contributed by atoms with E-state index >= 15 is 0 Å². The van der Waals surface area contributed by atoms with E-state index in [0.717, 1.165) is 16.5 Å². The van der Waals surface area contributed by atoms with Crippen molar-refractivity contribution < 1.29 is 9.90 Å². The van der Waals surface area contributed by atoms with Gasteiger partial charge in [0.1, 0.15) is 0 Å². The number of nitrogens with zero attached hydrogens (tertiary/aromatic N) is 4. The van der Waals surface area contributed by atoms with Gasteiger partial charge in [0.2, 0.25) is 0 Å². The van der Waals surface area contributed by atoms with Crippen LogP contribution in [-0.2, 0) is 0 Å². The lowest BCUT2D eigenvalue weighted by molar-refractivity contribution is 0.0697. The molecule has 25 heavy (non-hydrogen) atoms. The molecule has 0 saturated carbocycles. The summed E-state index contributed by atoms with van der Waals surface area (Å²) in [6, 6.07) is 12.0. The minimum absolute atomic E-state index is 0.224. The number of aromatic nitrogens is 4. The molecule has 0 bridgehead atoms. The number of fused-ring (bicyclic) bond motifs is 1. The van der Waals surface area contributed by atoms with Crippen molar-refractivity contribution in [2.75, 3.05) is 5.73 Å². The Morgan fingerprint density at radius 1 is 1.04 bits per heavy atom. The van der Waals surface area contributed by atoms with Crippen LogP contribution in [0.25, 0.3) is 28.0 Å². The first kappa shape index (κ1) is 14.8. The Labute approximate surface area is 142 Å². The number of nitrogens with two attached hydrogens (primary N) is 1. The molecule has 0 spiro atoms. The first-order valence-electron chi connectivity index (χ1n) is 7.51. The number of carboxylic acid groups (broad SMARTS) is 1. The zero-order valence-electron chi connectivity index (χ0n) is 13.0. The van der Waals surface area contributed by atoms with E-state index in [9.17, 15) is 4.79 Å². The monoisotopic (exact) mass is 331 g/mol. The number of hydrogen-bond acceptors (Lipinski definition) is 5. The molecule has 4 rings (SSSR count). The van der Waals surface area contributed by atoms with E-state index < -0.39 is 5.97 Å². The molecule has 122 valence electrons. The Bertz CT molecular complexity index is 1090. The molecule has 2 heterocycles. The third-order valence-electron chi connectivity index (χ3n) is 3.86. The van der Waals surface area contributed by atoms with Gasteiger partial charge in [0, 0.05) is 16.6 Å². The van der Waals surface area contributed by atoms with Crippen LogP contribution in [0.4, 0.5) is 5.69 Å². The lowest BCUT2D eigenvalue weighted by atomic mass is 10.1. The van der Waals surface area contributed by atoms with E-state index in [1.807, 2.05) is 18.2 Å². The van der Waals surface area contributed by atoms with E-state index in [-0.39, 0.29) is 5.56 Å². The van der Waals surface area contributed by atoms with Gasteiger partial charge >= 0.3 is 5.97 Å².